The number of rotatable bonds is 4. The van der Waals surface area contributed by atoms with Gasteiger partial charge in [0, 0.05) is 40.3 Å². The quantitative estimate of drug-likeness (QED) is 0.578. The summed E-state index contributed by atoms with van der Waals surface area (Å²) in [4.78, 5) is 25.7. The minimum atomic E-state index is -0.417. The molecular formula is C14H20N8O4. The first-order chi connectivity index (χ1) is 12.2. The van der Waals surface area contributed by atoms with E-state index < -0.39 is 9.85 Å². The Morgan fingerprint density at radius 3 is 1.35 bits per heavy atom. The summed E-state index contributed by atoms with van der Waals surface area (Å²) in [7, 11) is 3.36. The number of aryl methyl sites for hydroxylation is 4. The van der Waals surface area contributed by atoms with Crippen molar-refractivity contribution in [1.29, 1.82) is 0 Å². The Morgan fingerprint density at radius 1 is 0.769 bits per heavy atom. The maximum atomic E-state index is 11.4. The van der Waals surface area contributed by atoms with Crippen LogP contribution in [0.25, 0.3) is 0 Å². The number of anilines is 2. The van der Waals surface area contributed by atoms with Crippen molar-refractivity contribution < 1.29 is 9.85 Å². The van der Waals surface area contributed by atoms with Crippen LogP contribution in [0.2, 0.25) is 0 Å². The molecule has 12 nitrogen and oxygen atoms in total. The Bertz CT molecular complexity index is 806. The molecule has 1 fully saturated rings. The predicted octanol–water partition coefficient (Wildman–Crippen LogP) is 0.913. The van der Waals surface area contributed by atoms with Gasteiger partial charge in [0.1, 0.15) is 11.4 Å². The highest BCUT2D eigenvalue weighted by molar-refractivity contribution is 5.64. The summed E-state index contributed by atoms with van der Waals surface area (Å²) in [6.45, 7) is 5.17. The molecule has 3 heterocycles. The normalized spacial score (nSPS) is 14.8. The van der Waals surface area contributed by atoms with Crippen LogP contribution in [-0.2, 0) is 14.1 Å². The number of aromatic nitrogens is 4. The van der Waals surface area contributed by atoms with Gasteiger partial charge in [-0.3, -0.25) is 20.2 Å². The zero-order chi connectivity index (χ0) is 19.2. The number of hydrogen-bond donors (Lipinski definition) is 0. The molecule has 3 rings (SSSR count). The van der Waals surface area contributed by atoms with Crippen molar-refractivity contribution in [3.63, 3.8) is 0 Å². The van der Waals surface area contributed by atoms with E-state index in [1.165, 1.54) is 9.36 Å². The molecule has 1 aliphatic heterocycles. The summed E-state index contributed by atoms with van der Waals surface area (Å²) in [5.41, 5.74) is 0.743. The lowest BCUT2D eigenvalue weighted by Crippen LogP contribution is -2.48. The minimum Gasteiger partial charge on any atom is -0.348 e. The van der Waals surface area contributed by atoms with E-state index in [2.05, 4.69) is 10.2 Å². The zero-order valence-electron chi connectivity index (χ0n) is 15.0. The topological polar surface area (TPSA) is 128 Å². The fraction of sp³-hybridized carbons (Fsp3) is 0.571. The van der Waals surface area contributed by atoms with Crippen LogP contribution in [0, 0.1) is 34.1 Å². The van der Waals surface area contributed by atoms with Gasteiger partial charge in [-0.2, -0.15) is 10.2 Å². The largest absolute Gasteiger partial charge is 0.348 e. The van der Waals surface area contributed by atoms with E-state index in [0.717, 1.165) is 0 Å². The molecule has 26 heavy (non-hydrogen) atoms. The Balaban J connectivity index is 1.86. The van der Waals surface area contributed by atoms with Crippen molar-refractivity contribution in [3.05, 3.63) is 31.6 Å². The third-order valence-corrected chi connectivity index (χ3v) is 4.57. The average molecular weight is 364 g/mol. The Kier molecular flexibility index (Phi) is 4.26. The van der Waals surface area contributed by atoms with Crippen molar-refractivity contribution in [2.75, 3.05) is 36.0 Å². The summed E-state index contributed by atoms with van der Waals surface area (Å²) in [5.74, 6) is 0.922. The minimum absolute atomic E-state index is 0.00306. The first-order valence-corrected chi connectivity index (χ1v) is 8.08. The molecule has 140 valence electrons. The molecule has 0 aromatic carbocycles. The van der Waals surface area contributed by atoms with E-state index in [-0.39, 0.29) is 11.4 Å². The molecule has 1 saturated heterocycles. The van der Waals surface area contributed by atoms with Gasteiger partial charge in [-0.25, -0.2) is 9.36 Å². The van der Waals surface area contributed by atoms with Gasteiger partial charge < -0.3 is 9.80 Å². The van der Waals surface area contributed by atoms with E-state index in [0.29, 0.717) is 49.2 Å². The van der Waals surface area contributed by atoms with Crippen molar-refractivity contribution in [2.24, 2.45) is 14.1 Å². The predicted molar refractivity (Wildman–Crippen MR) is 93.6 cm³/mol. The smallest absolute Gasteiger partial charge is 0.333 e. The average Bonchev–Trinajstić information content (AvgIpc) is 3.02. The SMILES string of the molecule is Cc1nn(C)c(N2CCN(c3c([N+](=O)[O-])c(C)nn3C)CC2)c1[N+](=O)[O-]. The molecule has 0 radical (unpaired) electrons. The first-order valence-electron chi connectivity index (χ1n) is 8.08. The summed E-state index contributed by atoms with van der Waals surface area (Å²) in [6.07, 6.45) is 0. The van der Waals surface area contributed by atoms with Gasteiger partial charge in [-0.1, -0.05) is 0 Å². The molecule has 0 aliphatic carbocycles. The molecule has 0 saturated carbocycles. The van der Waals surface area contributed by atoms with Gasteiger partial charge >= 0.3 is 11.4 Å². The third kappa shape index (κ3) is 2.72. The Morgan fingerprint density at radius 2 is 1.08 bits per heavy atom. The van der Waals surface area contributed by atoms with Crippen molar-refractivity contribution in [1.82, 2.24) is 19.6 Å². The molecule has 0 unspecified atom stereocenters. The zero-order valence-corrected chi connectivity index (χ0v) is 15.0. The lowest BCUT2D eigenvalue weighted by molar-refractivity contribution is -0.384. The second kappa shape index (κ2) is 6.28. The summed E-state index contributed by atoms with van der Waals surface area (Å²) in [5, 5.41) is 31.1. The summed E-state index contributed by atoms with van der Waals surface area (Å²) < 4.78 is 3.03. The number of hydrogen-bond acceptors (Lipinski definition) is 8. The van der Waals surface area contributed by atoms with E-state index in [1.54, 1.807) is 27.9 Å². The first kappa shape index (κ1) is 17.6. The van der Waals surface area contributed by atoms with Crippen LogP contribution in [0.3, 0.4) is 0 Å². The molecule has 2 aromatic heterocycles. The van der Waals surface area contributed by atoms with Gasteiger partial charge in [0.2, 0.25) is 11.6 Å². The van der Waals surface area contributed by atoms with Gasteiger partial charge in [0.05, 0.1) is 9.85 Å². The molecule has 0 N–H and O–H groups in total. The fourth-order valence-corrected chi connectivity index (χ4v) is 3.54. The van der Waals surface area contributed by atoms with Crippen LogP contribution in [0.1, 0.15) is 11.4 Å². The highest BCUT2D eigenvalue weighted by Crippen LogP contribution is 2.34. The van der Waals surface area contributed by atoms with Gasteiger partial charge in [-0.05, 0) is 13.8 Å². The van der Waals surface area contributed by atoms with Crippen molar-refractivity contribution in [2.45, 2.75) is 13.8 Å². The molecule has 0 atom stereocenters. The molecule has 0 spiro atoms. The van der Waals surface area contributed by atoms with Gasteiger partial charge in [-0.15, -0.1) is 0 Å². The van der Waals surface area contributed by atoms with Crippen molar-refractivity contribution in [3.8, 4) is 0 Å². The second-order valence-electron chi connectivity index (χ2n) is 6.25. The molecule has 2 aromatic rings. The maximum absolute atomic E-state index is 11.4. The molecule has 0 bridgehead atoms. The lowest BCUT2D eigenvalue weighted by atomic mass is 10.2. The van der Waals surface area contributed by atoms with E-state index >= 15 is 0 Å². The van der Waals surface area contributed by atoms with Crippen LogP contribution in [-0.4, -0.2) is 55.6 Å². The highest BCUT2D eigenvalue weighted by Gasteiger charge is 2.34. The standard InChI is InChI=1S/C14H20N8O4/c1-9-11(21(23)24)13(17(3)15-9)19-5-7-20(8-6-19)14-12(22(25)26)10(2)16-18(14)4/h5-8H2,1-4H3. The number of piperazine rings is 1. The number of nitro groups is 2. The molecule has 0 amide bonds. The molecule has 1 aliphatic rings. The summed E-state index contributed by atoms with van der Waals surface area (Å²) >= 11 is 0. The van der Waals surface area contributed by atoms with Gasteiger partial charge in [0.15, 0.2) is 0 Å². The lowest BCUT2D eigenvalue weighted by Gasteiger charge is -2.35. The van der Waals surface area contributed by atoms with Crippen LogP contribution >= 0.6 is 0 Å². The Hall–Kier alpha value is -3.18. The van der Waals surface area contributed by atoms with Crippen LogP contribution < -0.4 is 9.80 Å². The second-order valence-corrected chi connectivity index (χ2v) is 6.25. The summed E-state index contributed by atoms with van der Waals surface area (Å²) in [6, 6.07) is 0. The third-order valence-electron chi connectivity index (χ3n) is 4.57. The molecular weight excluding hydrogens is 344 g/mol. The van der Waals surface area contributed by atoms with Crippen LogP contribution in [0.15, 0.2) is 0 Å². The van der Waals surface area contributed by atoms with E-state index in [9.17, 15) is 20.2 Å². The van der Waals surface area contributed by atoms with E-state index in [4.69, 9.17) is 0 Å². The monoisotopic (exact) mass is 364 g/mol. The maximum Gasteiger partial charge on any atom is 0.333 e. The highest BCUT2D eigenvalue weighted by atomic mass is 16.6. The van der Waals surface area contributed by atoms with E-state index in [1.807, 2.05) is 9.80 Å². The number of nitrogens with zero attached hydrogens (tertiary/aromatic N) is 8. The van der Waals surface area contributed by atoms with Crippen molar-refractivity contribution >= 4 is 23.0 Å². The Labute approximate surface area is 148 Å². The fourth-order valence-electron chi connectivity index (χ4n) is 3.54. The van der Waals surface area contributed by atoms with Gasteiger partial charge in [0.25, 0.3) is 0 Å². The van der Waals surface area contributed by atoms with Crippen LogP contribution in [0.5, 0.6) is 0 Å². The van der Waals surface area contributed by atoms with Crippen LogP contribution in [0.4, 0.5) is 23.0 Å². The molecule has 12 heteroatoms.